The molecule has 2 N–H and O–H groups in total. The summed E-state index contributed by atoms with van der Waals surface area (Å²) in [7, 11) is -3.18. The van der Waals surface area contributed by atoms with Gasteiger partial charge < -0.3 is 19.7 Å². The Morgan fingerprint density at radius 3 is 1.92 bits per heavy atom. The lowest BCUT2D eigenvalue weighted by atomic mass is 9.83. The first kappa shape index (κ1) is 25.9. The predicted molar refractivity (Wildman–Crippen MR) is 135 cm³/mol. The maximum Gasteiger partial charge on any atom is 0.407 e. The normalized spacial score (nSPS) is 21.1. The molecule has 11 heteroatoms. The van der Waals surface area contributed by atoms with E-state index in [9.17, 15) is 31.8 Å². The van der Waals surface area contributed by atoms with E-state index in [0.29, 0.717) is 32.3 Å². The third kappa shape index (κ3) is 4.79. The van der Waals surface area contributed by atoms with Crippen molar-refractivity contribution in [3.63, 3.8) is 0 Å². The number of nitrogens with zero attached hydrogens (tertiary/aromatic N) is 1. The Hall–Kier alpha value is -3.70. The standard InChI is InChI=1S/C27H24F3NO6S/c1-36-21-12-6-18(7-13-21)31(15-27(28,29)30)38(34,35)23-14-22-24(16-2-8-19(32)9-3-16)25(26(23)37-22)17-4-10-20(33)11-5-17/h2-13,22-23,26,32-33H,14-15H2,1H3/t22-,23-,26+/m1/s1. The molecular formula is C27H24F3NO6S. The van der Waals surface area contributed by atoms with Gasteiger partial charge in [-0.2, -0.15) is 13.2 Å². The highest BCUT2D eigenvalue weighted by Gasteiger charge is 2.55. The molecule has 2 bridgehead atoms. The van der Waals surface area contributed by atoms with E-state index in [1.54, 1.807) is 24.3 Å². The first-order valence-corrected chi connectivity index (χ1v) is 13.2. The molecule has 3 aromatic rings. The zero-order chi connectivity index (χ0) is 27.2. The molecule has 3 aromatic carbocycles. The molecule has 3 atom stereocenters. The van der Waals surface area contributed by atoms with Crippen molar-refractivity contribution < 1.29 is 41.3 Å². The zero-order valence-corrected chi connectivity index (χ0v) is 20.9. The van der Waals surface area contributed by atoms with Gasteiger partial charge in [-0.05, 0) is 77.2 Å². The molecule has 200 valence electrons. The molecule has 0 aliphatic carbocycles. The van der Waals surface area contributed by atoms with Crippen LogP contribution in [0.4, 0.5) is 18.9 Å². The van der Waals surface area contributed by atoms with E-state index >= 15 is 0 Å². The molecule has 0 amide bonds. The van der Waals surface area contributed by atoms with Crippen LogP contribution in [0.5, 0.6) is 17.2 Å². The first-order valence-electron chi connectivity index (χ1n) is 11.7. The summed E-state index contributed by atoms with van der Waals surface area (Å²) in [6.07, 6.45) is -6.59. The minimum Gasteiger partial charge on any atom is -0.508 e. The summed E-state index contributed by atoms with van der Waals surface area (Å²) in [6.45, 7) is -1.70. The Balaban J connectivity index is 1.60. The van der Waals surface area contributed by atoms with Gasteiger partial charge in [0.2, 0.25) is 10.0 Å². The van der Waals surface area contributed by atoms with Crippen molar-refractivity contribution in [2.24, 2.45) is 0 Å². The molecule has 0 aromatic heterocycles. The molecule has 5 rings (SSSR count). The van der Waals surface area contributed by atoms with Gasteiger partial charge in [-0.15, -0.1) is 0 Å². The maximum atomic E-state index is 13.9. The van der Waals surface area contributed by atoms with Crippen molar-refractivity contribution in [1.29, 1.82) is 0 Å². The second-order valence-electron chi connectivity index (χ2n) is 9.11. The van der Waals surface area contributed by atoms with Crippen LogP contribution in [0, 0.1) is 0 Å². The van der Waals surface area contributed by atoms with E-state index in [4.69, 9.17) is 9.47 Å². The SMILES string of the molecule is COc1ccc(N(CC(F)(F)F)S(=O)(=O)[C@@H]2C[C@H]3O[C@@H]2C(c2ccc(O)cc2)=C3c2ccc(O)cc2)cc1. The van der Waals surface area contributed by atoms with Gasteiger partial charge in [0.15, 0.2) is 0 Å². The lowest BCUT2D eigenvalue weighted by Crippen LogP contribution is -2.47. The Bertz CT molecular complexity index is 1450. The summed E-state index contributed by atoms with van der Waals surface area (Å²) in [5.74, 6) is 0.425. The maximum absolute atomic E-state index is 13.9. The summed E-state index contributed by atoms with van der Waals surface area (Å²) >= 11 is 0. The molecule has 38 heavy (non-hydrogen) atoms. The van der Waals surface area contributed by atoms with Crippen molar-refractivity contribution in [1.82, 2.24) is 0 Å². The average Bonchev–Trinajstić information content (AvgIpc) is 3.48. The fraction of sp³-hybridized carbons (Fsp3) is 0.259. The number of hydrogen-bond acceptors (Lipinski definition) is 6. The summed E-state index contributed by atoms with van der Waals surface area (Å²) < 4.78 is 80.2. The second-order valence-corrected chi connectivity index (χ2v) is 11.2. The van der Waals surface area contributed by atoms with E-state index in [-0.39, 0.29) is 23.6 Å². The number of phenolic OH excluding ortho intramolecular Hbond substituents is 2. The van der Waals surface area contributed by atoms with Crippen LogP contribution in [0.25, 0.3) is 11.1 Å². The van der Waals surface area contributed by atoms with Crippen molar-refractivity contribution in [2.75, 3.05) is 18.0 Å². The van der Waals surface area contributed by atoms with Crippen LogP contribution in [-0.2, 0) is 14.8 Å². The van der Waals surface area contributed by atoms with Gasteiger partial charge in [-0.1, -0.05) is 24.3 Å². The number of fused-ring (bicyclic) bond motifs is 2. The smallest absolute Gasteiger partial charge is 0.407 e. The Labute approximate surface area is 217 Å². The topological polar surface area (TPSA) is 96.3 Å². The summed E-state index contributed by atoms with van der Waals surface area (Å²) in [5, 5.41) is 18.2. The third-order valence-electron chi connectivity index (χ3n) is 6.72. The number of ether oxygens (including phenoxy) is 2. The highest BCUT2D eigenvalue weighted by Crippen LogP contribution is 2.51. The van der Waals surface area contributed by atoms with Crippen molar-refractivity contribution >= 4 is 26.9 Å². The number of sulfonamides is 1. The van der Waals surface area contributed by atoms with Gasteiger partial charge in [0.25, 0.3) is 0 Å². The van der Waals surface area contributed by atoms with Gasteiger partial charge in [0.1, 0.15) is 35.1 Å². The number of anilines is 1. The number of rotatable bonds is 7. The van der Waals surface area contributed by atoms with E-state index in [0.717, 1.165) is 0 Å². The number of methoxy groups -OCH3 is 1. The molecule has 1 saturated heterocycles. The zero-order valence-electron chi connectivity index (χ0n) is 20.1. The molecule has 0 spiro atoms. The molecule has 2 aliphatic rings. The number of phenols is 2. The average molecular weight is 548 g/mol. The van der Waals surface area contributed by atoms with E-state index in [1.165, 1.54) is 55.6 Å². The Morgan fingerprint density at radius 2 is 1.42 bits per heavy atom. The fourth-order valence-corrected chi connectivity index (χ4v) is 7.04. The van der Waals surface area contributed by atoms with E-state index < -0.39 is 40.2 Å². The quantitative estimate of drug-likeness (QED) is 0.434. The van der Waals surface area contributed by atoms with E-state index in [2.05, 4.69) is 0 Å². The molecule has 2 heterocycles. The minimum absolute atomic E-state index is 0.00429. The predicted octanol–water partition coefficient (Wildman–Crippen LogP) is 4.96. The summed E-state index contributed by atoms with van der Waals surface area (Å²) in [5.41, 5.74) is 2.34. The molecular weight excluding hydrogens is 523 g/mol. The lowest BCUT2D eigenvalue weighted by molar-refractivity contribution is -0.117. The van der Waals surface area contributed by atoms with Gasteiger partial charge >= 0.3 is 6.18 Å². The van der Waals surface area contributed by atoms with Crippen LogP contribution in [0.2, 0.25) is 0 Å². The number of benzene rings is 3. The number of aromatic hydroxyl groups is 2. The fourth-order valence-electron chi connectivity index (χ4n) is 5.05. The first-order chi connectivity index (χ1) is 18.0. The molecule has 2 aliphatic heterocycles. The largest absolute Gasteiger partial charge is 0.508 e. The van der Waals surface area contributed by atoms with Crippen molar-refractivity contribution in [2.45, 2.75) is 30.1 Å². The Morgan fingerprint density at radius 1 is 0.895 bits per heavy atom. The molecule has 7 nitrogen and oxygen atoms in total. The van der Waals surface area contributed by atoms with Crippen LogP contribution in [0.3, 0.4) is 0 Å². The highest BCUT2D eigenvalue weighted by atomic mass is 32.2. The molecule has 0 saturated carbocycles. The number of hydrogen-bond donors (Lipinski definition) is 2. The molecule has 0 radical (unpaired) electrons. The lowest BCUT2D eigenvalue weighted by Gasteiger charge is -2.32. The van der Waals surface area contributed by atoms with E-state index in [1.807, 2.05) is 0 Å². The van der Waals surface area contributed by atoms with Crippen LogP contribution in [0.15, 0.2) is 72.8 Å². The third-order valence-corrected chi connectivity index (χ3v) is 8.88. The van der Waals surface area contributed by atoms with Crippen molar-refractivity contribution in [3.8, 4) is 17.2 Å². The van der Waals surface area contributed by atoms with Crippen LogP contribution >= 0.6 is 0 Å². The second kappa shape index (κ2) is 9.55. The van der Waals surface area contributed by atoms with Crippen LogP contribution in [-0.4, -0.2) is 55.9 Å². The van der Waals surface area contributed by atoms with Crippen LogP contribution in [0.1, 0.15) is 17.5 Å². The Kier molecular flexibility index (Phi) is 6.52. The van der Waals surface area contributed by atoms with Gasteiger partial charge in [-0.3, -0.25) is 4.31 Å². The van der Waals surface area contributed by atoms with Gasteiger partial charge in [0, 0.05) is 0 Å². The minimum atomic E-state index is -4.79. The van der Waals surface area contributed by atoms with Gasteiger partial charge in [-0.25, -0.2) is 8.42 Å². The monoisotopic (exact) mass is 547 g/mol. The highest BCUT2D eigenvalue weighted by molar-refractivity contribution is 7.93. The molecule has 1 fully saturated rings. The van der Waals surface area contributed by atoms with Crippen molar-refractivity contribution in [3.05, 3.63) is 83.9 Å². The molecule has 0 unspecified atom stereocenters. The number of alkyl halides is 3. The summed E-state index contributed by atoms with van der Waals surface area (Å²) in [4.78, 5) is 0. The van der Waals surface area contributed by atoms with Gasteiger partial charge in [0.05, 0.1) is 18.9 Å². The van der Waals surface area contributed by atoms with Crippen LogP contribution < -0.4 is 9.04 Å². The summed E-state index contributed by atoms with van der Waals surface area (Å²) in [6, 6.07) is 17.8. The number of halogens is 3.